The Morgan fingerprint density at radius 1 is 1.09 bits per heavy atom. The number of hydrogen-bond acceptors (Lipinski definition) is 6. The molecule has 0 bridgehead atoms. The van der Waals surface area contributed by atoms with Gasteiger partial charge in [-0.3, -0.25) is 0 Å². The molecule has 124 valence electrons. The van der Waals surface area contributed by atoms with E-state index < -0.39 is 15.4 Å². The largest absolute Gasteiger partial charge is 0.623 e. The number of nitrogens with one attached hydrogen (secondary N) is 1. The number of hydroxylamine groups is 2. The highest BCUT2D eigenvalue weighted by Crippen LogP contribution is 2.38. The van der Waals surface area contributed by atoms with Crippen LogP contribution in [0.1, 0.15) is 5.56 Å². The molecule has 0 amide bonds. The van der Waals surface area contributed by atoms with Gasteiger partial charge in [-0.05, 0) is 29.8 Å². The summed E-state index contributed by atoms with van der Waals surface area (Å²) in [6, 6.07) is 3.44. The van der Waals surface area contributed by atoms with Crippen molar-refractivity contribution in [2.75, 3.05) is 21.3 Å². The molecule has 0 radical (unpaired) electrons. The first kappa shape index (κ1) is 17.1. The summed E-state index contributed by atoms with van der Waals surface area (Å²) in [6.07, 6.45) is 4.61. The number of methoxy groups -OCH3 is 3. The zero-order valence-electron chi connectivity index (χ0n) is 13.0. The maximum atomic E-state index is 11.8. The van der Waals surface area contributed by atoms with Crippen LogP contribution in [0.15, 0.2) is 36.1 Å². The summed E-state index contributed by atoms with van der Waals surface area (Å²) in [5, 5.41) is 11.2. The highest BCUT2D eigenvalue weighted by Gasteiger charge is 2.21. The smallest absolute Gasteiger partial charge is 0.277 e. The second-order valence-corrected chi connectivity index (χ2v) is 5.57. The number of ether oxygens (including phenoxy) is 3. The van der Waals surface area contributed by atoms with E-state index in [2.05, 4.69) is 0 Å². The standard InChI is InChI=1S/C15H17NO6S/c1-20-12-8-10(9-13(21-2)14(12)22-3)7-11-5-4-6-16(17)15(11)23(18)19/h4-6,8-9,16H,7H2,1-3H3. The Balaban J connectivity index is 2.46. The van der Waals surface area contributed by atoms with E-state index >= 15 is 0 Å². The zero-order chi connectivity index (χ0) is 17.0. The summed E-state index contributed by atoms with van der Waals surface area (Å²) in [6.45, 7) is 0. The van der Waals surface area contributed by atoms with Crippen molar-refractivity contribution in [3.8, 4) is 17.2 Å². The molecule has 1 aromatic carbocycles. The second-order valence-electron chi connectivity index (χ2n) is 4.69. The summed E-state index contributed by atoms with van der Waals surface area (Å²) in [5.41, 5.74) is 1.15. The third-order valence-electron chi connectivity index (χ3n) is 3.35. The number of rotatable bonds is 5. The van der Waals surface area contributed by atoms with E-state index in [0.29, 0.717) is 22.8 Å². The van der Waals surface area contributed by atoms with Crippen LogP contribution in [0.4, 0.5) is 0 Å². The molecular weight excluding hydrogens is 322 g/mol. The van der Waals surface area contributed by atoms with E-state index in [9.17, 15) is 13.6 Å². The molecule has 0 aromatic heterocycles. The Morgan fingerprint density at radius 3 is 2.17 bits per heavy atom. The highest BCUT2D eigenvalue weighted by atomic mass is 32.2. The van der Waals surface area contributed by atoms with E-state index in [1.807, 2.05) is 0 Å². The molecule has 2 rings (SSSR count). The van der Waals surface area contributed by atoms with E-state index in [1.54, 1.807) is 18.2 Å². The van der Waals surface area contributed by atoms with Crippen LogP contribution in [0.5, 0.6) is 17.2 Å². The lowest BCUT2D eigenvalue weighted by Gasteiger charge is -2.21. The van der Waals surface area contributed by atoms with Crippen LogP contribution in [0.2, 0.25) is 0 Å². The molecule has 1 aromatic rings. The number of hydrogen-bond donors (Lipinski definition) is 1. The van der Waals surface area contributed by atoms with Gasteiger partial charge in [0.2, 0.25) is 5.75 Å². The van der Waals surface area contributed by atoms with Gasteiger partial charge in [-0.25, -0.2) is 0 Å². The zero-order valence-corrected chi connectivity index (χ0v) is 13.8. The fourth-order valence-electron chi connectivity index (χ4n) is 2.35. The average Bonchev–Trinajstić information content (AvgIpc) is 2.53. The molecule has 1 aliphatic heterocycles. The summed E-state index contributed by atoms with van der Waals surface area (Å²) < 4.78 is 38.4. The summed E-state index contributed by atoms with van der Waals surface area (Å²) in [4.78, 5) is -0.221. The van der Waals surface area contributed by atoms with Crippen molar-refractivity contribution >= 4 is 15.3 Å². The molecule has 0 aliphatic carbocycles. The van der Waals surface area contributed by atoms with Crippen molar-refractivity contribution in [3.63, 3.8) is 0 Å². The summed E-state index contributed by atoms with van der Waals surface area (Å²) >= 11 is 0. The van der Waals surface area contributed by atoms with Crippen LogP contribution in [0.3, 0.4) is 0 Å². The van der Waals surface area contributed by atoms with Crippen LogP contribution in [0, 0.1) is 5.21 Å². The van der Waals surface area contributed by atoms with E-state index in [0.717, 1.165) is 5.56 Å². The lowest BCUT2D eigenvalue weighted by atomic mass is 10.0. The Kier molecular flexibility index (Phi) is 5.43. The first-order valence-electron chi connectivity index (χ1n) is 6.68. The van der Waals surface area contributed by atoms with Gasteiger partial charge in [0.1, 0.15) is 6.20 Å². The van der Waals surface area contributed by atoms with Crippen LogP contribution in [-0.2, 0) is 16.7 Å². The average molecular weight is 339 g/mol. The topological polar surface area (TPSA) is 89.3 Å². The molecular formula is C15H17NO6S. The quantitative estimate of drug-likeness (QED) is 0.605. The van der Waals surface area contributed by atoms with Gasteiger partial charge in [-0.2, -0.15) is 8.42 Å². The normalized spacial score (nSPS) is 16.8. The molecule has 1 atom stereocenters. The number of benzene rings is 1. The van der Waals surface area contributed by atoms with E-state index in [4.69, 9.17) is 14.2 Å². The SMILES string of the molecule is COc1cc(CC2=CC=C[NH+]([O-])C2=S(=O)=O)cc(OC)c1OC. The van der Waals surface area contributed by atoms with Gasteiger partial charge in [-0.15, -0.1) is 0 Å². The molecule has 8 heteroatoms. The molecule has 0 saturated carbocycles. The van der Waals surface area contributed by atoms with Crippen LogP contribution < -0.4 is 19.3 Å². The minimum Gasteiger partial charge on any atom is -0.623 e. The van der Waals surface area contributed by atoms with Gasteiger partial charge in [0.25, 0.3) is 15.3 Å². The monoisotopic (exact) mass is 339 g/mol. The fourth-order valence-corrected chi connectivity index (χ4v) is 2.93. The predicted molar refractivity (Wildman–Crippen MR) is 85.3 cm³/mol. The van der Waals surface area contributed by atoms with Gasteiger partial charge < -0.3 is 24.5 Å². The summed E-state index contributed by atoms with van der Waals surface area (Å²) in [5.74, 6) is 1.37. The van der Waals surface area contributed by atoms with Crippen LogP contribution in [-0.4, -0.2) is 34.7 Å². The Labute approximate surface area is 135 Å². The van der Waals surface area contributed by atoms with Crippen molar-refractivity contribution in [1.82, 2.24) is 0 Å². The van der Waals surface area contributed by atoms with Gasteiger partial charge in [0, 0.05) is 12.0 Å². The molecule has 7 nitrogen and oxygen atoms in total. The highest BCUT2D eigenvalue weighted by molar-refractivity contribution is 7.72. The van der Waals surface area contributed by atoms with Gasteiger partial charge >= 0.3 is 0 Å². The Bertz CT molecular complexity index is 761. The third kappa shape index (κ3) is 3.55. The number of quaternary nitrogens is 1. The molecule has 0 spiro atoms. The minimum atomic E-state index is -2.60. The minimum absolute atomic E-state index is 0.221. The molecule has 1 N–H and O–H groups in total. The predicted octanol–water partition coefficient (Wildman–Crippen LogP) is 0.100. The number of allylic oxidation sites excluding steroid dienone is 2. The van der Waals surface area contributed by atoms with Crippen LogP contribution in [0.25, 0.3) is 0 Å². The van der Waals surface area contributed by atoms with Crippen molar-refractivity contribution in [2.24, 2.45) is 0 Å². The van der Waals surface area contributed by atoms with E-state index in [-0.39, 0.29) is 11.4 Å². The lowest BCUT2D eigenvalue weighted by Crippen LogP contribution is -3.06. The second kappa shape index (κ2) is 7.32. The van der Waals surface area contributed by atoms with Crippen molar-refractivity contribution in [3.05, 3.63) is 46.8 Å². The maximum Gasteiger partial charge on any atom is 0.277 e. The first-order chi connectivity index (χ1) is 11.0. The van der Waals surface area contributed by atoms with Crippen molar-refractivity contribution < 1.29 is 27.7 Å². The molecule has 1 heterocycles. The molecule has 23 heavy (non-hydrogen) atoms. The third-order valence-corrected chi connectivity index (χ3v) is 4.14. The van der Waals surface area contributed by atoms with Crippen LogP contribution >= 0.6 is 0 Å². The Hall–Kier alpha value is -2.29. The van der Waals surface area contributed by atoms with E-state index in [1.165, 1.54) is 33.6 Å². The lowest BCUT2D eigenvalue weighted by molar-refractivity contribution is -0.680. The van der Waals surface area contributed by atoms with Crippen molar-refractivity contribution in [2.45, 2.75) is 6.42 Å². The molecule has 1 unspecified atom stereocenters. The fraction of sp³-hybridized carbons (Fsp3) is 0.267. The molecule has 1 aliphatic rings. The van der Waals surface area contributed by atoms with Gasteiger partial charge in [-0.1, -0.05) is 0 Å². The molecule has 0 saturated heterocycles. The summed E-state index contributed by atoms with van der Waals surface area (Å²) in [7, 11) is 1.90. The van der Waals surface area contributed by atoms with Gasteiger partial charge in [0.05, 0.1) is 21.3 Å². The van der Waals surface area contributed by atoms with Gasteiger partial charge in [0.15, 0.2) is 11.5 Å². The van der Waals surface area contributed by atoms with Crippen molar-refractivity contribution in [1.29, 1.82) is 0 Å². The first-order valence-corrected chi connectivity index (χ1v) is 7.76. The maximum absolute atomic E-state index is 11.8. The Morgan fingerprint density at radius 2 is 1.70 bits per heavy atom. The molecule has 0 fully saturated rings.